The van der Waals surface area contributed by atoms with Crippen molar-refractivity contribution in [3.8, 4) is 6.07 Å². The Labute approximate surface area is 112 Å². The van der Waals surface area contributed by atoms with Crippen LogP contribution < -0.4 is 5.32 Å². The van der Waals surface area contributed by atoms with E-state index in [0.29, 0.717) is 10.6 Å². The number of anilines is 1. The Bertz CT molecular complexity index is 530. The van der Waals surface area contributed by atoms with Crippen LogP contribution in [0.5, 0.6) is 0 Å². The maximum absolute atomic E-state index is 8.79. The minimum absolute atomic E-state index is 0.605. The van der Waals surface area contributed by atoms with E-state index in [-0.39, 0.29) is 0 Å². The zero-order valence-electron chi connectivity index (χ0n) is 10.1. The van der Waals surface area contributed by atoms with E-state index in [4.69, 9.17) is 16.9 Å². The van der Waals surface area contributed by atoms with E-state index >= 15 is 0 Å². The van der Waals surface area contributed by atoms with Crippen molar-refractivity contribution in [2.24, 2.45) is 17.8 Å². The summed E-state index contributed by atoms with van der Waals surface area (Å²) in [5.41, 5.74) is 1.54. The van der Waals surface area contributed by atoms with Crippen molar-refractivity contribution in [2.45, 2.75) is 12.8 Å². The first-order chi connectivity index (χ1) is 8.76. The normalized spacial score (nSPS) is 28.3. The second kappa shape index (κ2) is 4.66. The molecule has 0 aromatic heterocycles. The number of rotatable bonds is 3. The number of nitriles is 1. The number of halogens is 1. The fourth-order valence-corrected chi connectivity index (χ4v) is 3.35. The topological polar surface area (TPSA) is 35.8 Å². The van der Waals surface area contributed by atoms with E-state index in [0.717, 1.165) is 30.0 Å². The number of hydrogen-bond donors (Lipinski definition) is 1. The van der Waals surface area contributed by atoms with Crippen molar-refractivity contribution < 1.29 is 0 Å². The number of hydrogen-bond acceptors (Lipinski definition) is 2. The summed E-state index contributed by atoms with van der Waals surface area (Å²) in [6.45, 7) is 0.969. The van der Waals surface area contributed by atoms with Crippen LogP contribution in [0.1, 0.15) is 18.4 Å². The minimum Gasteiger partial charge on any atom is -0.384 e. The van der Waals surface area contributed by atoms with E-state index < -0.39 is 0 Å². The molecule has 0 spiro atoms. The molecule has 1 aromatic carbocycles. The van der Waals surface area contributed by atoms with Crippen molar-refractivity contribution in [1.82, 2.24) is 0 Å². The summed E-state index contributed by atoms with van der Waals surface area (Å²) < 4.78 is 0. The van der Waals surface area contributed by atoms with Gasteiger partial charge in [0.05, 0.1) is 22.3 Å². The van der Waals surface area contributed by atoms with Gasteiger partial charge in [0.25, 0.3) is 0 Å². The third kappa shape index (κ3) is 2.11. The fourth-order valence-electron chi connectivity index (χ4n) is 3.10. The van der Waals surface area contributed by atoms with Gasteiger partial charge in [0.15, 0.2) is 0 Å². The molecule has 3 rings (SSSR count). The Hall–Kier alpha value is -1.46. The van der Waals surface area contributed by atoms with Crippen LogP contribution in [0.2, 0.25) is 5.02 Å². The summed E-state index contributed by atoms with van der Waals surface area (Å²) >= 11 is 6.15. The highest BCUT2D eigenvalue weighted by atomic mass is 35.5. The van der Waals surface area contributed by atoms with Gasteiger partial charge in [-0.05, 0) is 48.8 Å². The standard InChI is InChI=1S/C15H15ClN2/c16-14-7-11(8-17)2-4-15(14)18-9-13-6-10-1-3-12(13)5-10/h1-4,7,10,12-13,18H,5-6,9H2. The third-order valence-electron chi connectivity index (χ3n) is 4.07. The van der Waals surface area contributed by atoms with Crippen molar-refractivity contribution in [2.75, 3.05) is 11.9 Å². The Morgan fingerprint density at radius 3 is 2.83 bits per heavy atom. The average Bonchev–Trinajstić information content (AvgIpc) is 2.99. The molecule has 2 aliphatic rings. The van der Waals surface area contributed by atoms with Gasteiger partial charge >= 0.3 is 0 Å². The summed E-state index contributed by atoms with van der Waals surface area (Å²) in [6.07, 6.45) is 7.34. The van der Waals surface area contributed by atoms with E-state index in [1.54, 1.807) is 12.1 Å². The Kier molecular flexibility index (Phi) is 3.01. The molecule has 0 heterocycles. The Morgan fingerprint density at radius 1 is 1.33 bits per heavy atom. The molecule has 1 fully saturated rings. The number of nitrogens with one attached hydrogen (secondary N) is 1. The molecule has 1 saturated carbocycles. The summed E-state index contributed by atoms with van der Waals surface area (Å²) in [5.74, 6) is 2.28. The second-order valence-electron chi connectivity index (χ2n) is 5.23. The molecule has 3 unspecified atom stereocenters. The molecule has 2 aliphatic carbocycles. The van der Waals surface area contributed by atoms with Crippen LogP contribution in [0.15, 0.2) is 30.4 Å². The molecule has 1 N–H and O–H groups in total. The molecule has 18 heavy (non-hydrogen) atoms. The molecule has 1 aromatic rings. The third-order valence-corrected chi connectivity index (χ3v) is 4.38. The molecule has 3 heteroatoms. The fraction of sp³-hybridized carbons (Fsp3) is 0.400. The van der Waals surface area contributed by atoms with E-state index in [2.05, 4.69) is 23.5 Å². The SMILES string of the molecule is N#Cc1ccc(NCC2CC3C=CC2C3)c(Cl)c1. The van der Waals surface area contributed by atoms with Crippen molar-refractivity contribution in [1.29, 1.82) is 5.26 Å². The van der Waals surface area contributed by atoms with Gasteiger partial charge in [-0.1, -0.05) is 23.8 Å². The monoisotopic (exact) mass is 258 g/mol. The van der Waals surface area contributed by atoms with E-state index in [9.17, 15) is 0 Å². The highest BCUT2D eigenvalue weighted by Gasteiger charge is 2.35. The Balaban J connectivity index is 1.64. The van der Waals surface area contributed by atoms with E-state index in [1.165, 1.54) is 12.8 Å². The zero-order valence-corrected chi connectivity index (χ0v) is 10.8. The van der Waals surface area contributed by atoms with Crippen LogP contribution in [-0.2, 0) is 0 Å². The predicted octanol–water partition coefficient (Wildman–Crippen LogP) is 3.84. The first-order valence-corrected chi connectivity index (χ1v) is 6.76. The molecule has 92 valence electrons. The lowest BCUT2D eigenvalue weighted by molar-refractivity contribution is 0.472. The maximum Gasteiger partial charge on any atom is 0.0992 e. The molecule has 2 nitrogen and oxygen atoms in total. The van der Waals surface area contributed by atoms with Gasteiger partial charge in [-0.25, -0.2) is 0 Å². The number of benzene rings is 1. The number of nitrogens with zero attached hydrogens (tertiary/aromatic N) is 1. The van der Waals surface area contributed by atoms with E-state index in [1.807, 2.05) is 6.07 Å². The quantitative estimate of drug-likeness (QED) is 0.837. The van der Waals surface area contributed by atoms with Crippen LogP contribution in [0.25, 0.3) is 0 Å². The van der Waals surface area contributed by atoms with Gasteiger partial charge in [0, 0.05) is 6.54 Å². The molecule has 3 atom stereocenters. The smallest absolute Gasteiger partial charge is 0.0992 e. The second-order valence-corrected chi connectivity index (χ2v) is 5.63. The van der Waals surface area contributed by atoms with Crippen molar-refractivity contribution >= 4 is 17.3 Å². The number of fused-ring (bicyclic) bond motifs is 2. The molecular formula is C15H15ClN2. The average molecular weight is 259 g/mol. The van der Waals surface area contributed by atoms with Crippen LogP contribution in [0.4, 0.5) is 5.69 Å². The lowest BCUT2D eigenvalue weighted by Gasteiger charge is -2.19. The predicted molar refractivity (Wildman–Crippen MR) is 73.5 cm³/mol. The zero-order chi connectivity index (χ0) is 12.5. The summed E-state index contributed by atoms with van der Waals surface area (Å²) in [7, 11) is 0. The first-order valence-electron chi connectivity index (χ1n) is 6.38. The summed E-state index contributed by atoms with van der Waals surface area (Å²) in [4.78, 5) is 0. The largest absolute Gasteiger partial charge is 0.384 e. The van der Waals surface area contributed by atoms with Gasteiger partial charge in [-0.3, -0.25) is 0 Å². The molecule has 2 bridgehead atoms. The lowest BCUT2D eigenvalue weighted by atomic mass is 9.93. The van der Waals surface area contributed by atoms with Gasteiger partial charge in [0.2, 0.25) is 0 Å². The highest BCUT2D eigenvalue weighted by Crippen LogP contribution is 2.43. The van der Waals surface area contributed by atoms with Crippen LogP contribution >= 0.6 is 11.6 Å². The summed E-state index contributed by atoms with van der Waals surface area (Å²) in [6, 6.07) is 7.50. The lowest BCUT2D eigenvalue weighted by Crippen LogP contribution is -2.18. The molecule has 0 amide bonds. The minimum atomic E-state index is 0.605. The van der Waals surface area contributed by atoms with Crippen molar-refractivity contribution in [3.05, 3.63) is 40.9 Å². The molecular weight excluding hydrogens is 244 g/mol. The van der Waals surface area contributed by atoms with Crippen LogP contribution in [0, 0.1) is 29.1 Å². The van der Waals surface area contributed by atoms with Gasteiger partial charge in [-0.15, -0.1) is 0 Å². The Morgan fingerprint density at radius 2 is 2.22 bits per heavy atom. The van der Waals surface area contributed by atoms with Crippen molar-refractivity contribution in [3.63, 3.8) is 0 Å². The van der Waals surface area contributed by atoms with Gasteiger partial charge in [-0.2, -0.15) is 5.26 Å². The molecule has 0 aliphatic heterocycles. The molecule has 0 radical (unpaired) electrons. The highest BCUT2D eigenvalue weighted by molar-refractivity contribution is 6.33. The molecule has 0 saturated heterocycles. The first kappa shape index (κ1) is 11.6. The van der Waals surface area contributed by atoms with Gasteiger partial charge < -0.3 is 5.32 Å². The van der Waals surface area contributed by atoms with Gasteiger partial charge in [0.1, 0.15) is 0 Å². The summed E-state index contributed by atoms with van der Waals surface area (Å²) in [5, 5.41) is 12.8. The number of allylic oxidation sites excluding steroid dienone is 2. The maximum atomic E-state index is 8.79. The van der Waals surface area contributed by atoms with Crippen LogP contribution in [-0.4, -0.2) is 6.54 Å². The van der Waals surface area contributed by atoms with Crippen LogP contribution in [0.3, 0.4) is 0 Å².